The van der Waals surface area contributed by atoms with Gasteiger partial charge in [0, 0.05) is 24.9 Å². The molecule has 0 spiro atoms. The first-order valence-corrected chi connectivity index (χ1v) is 8.83. The number of rotatable bonds is 2. The molecule has 120 valence electrons. The van der Waals surface area contributed by atoms with Crippen LogP contribution in [-0.4, -0.2) is 39.0 Å². The van der Waals surface area contributed by atoms with Crippen molar-refractivity contribution in [3.63, 3.8) is 0 Å². The molecule has 3 rings (SSSR count). The Hall–Kier alpha value is -1.17. The quantitative estimate of drug-likeness (QED) is 0.807. The topological polar surface area (TPSA) is 55.2 Å². The van der Waals surface area contributed by atoms with Crippen molar-refractivity contribution in [2.45, 2.75) is 58.0 Å². The second-order valence-electron chi connectivity index (χ2n) is 6.40. The Bertz CT molecular complexity index is 598. The Morgan fingerprint density at radius 1 is 1.41 bits per heavy atom. The van der Waals surface area contributed by atoms with E-state index in [9.17, 15) is 9.59 Å². The van der Waals surface area contributed by atoms with Crippen molar-refractivity contribution in [2.24, 2.45) is 5.92 Å². The third-order valence-electron chi connectivity index (χ3n) is 5.13. The molecule has 2 fully saturated rings. The van der Waals surface area contributed by atoms with Gasteiger partial charge in [-0.05, 0) is 42.6 Å². The van der Waals surface area contributed by atoms with Gasteiger partial charge in [0.2, 0.25) is 5.91 Å². The highest BCUT2D eigenvalue weighted by molar-refractivity contribution is 9.10. The molecule has 0 radical (unpaired) electrons. The van der Waals surface area contributed by atoms with E-state index in [1.165, 1.54) is 0 Å². The van der Waals surface area contributed by atoms with E-state index in [0.717, 1.165) is 35.8 Å². The van der Waals surface area contributed by atoms with Crippen molar-refractivity contribution in [3.8, 4) is 0 Å². The molecular weight excluding hydrogens is 346 g/mol. The van der Waals surface area contributed by atoms with E-state index < -0.39 is 0 Å². The van der Waals surface area contributed by atoms with Crippen molar-refractivity contribution < 1.29 is 9.59 Å². The molecule has 1 aromatic rings. The van der Waals surface area contributed by atoms with Crippen molar-refractivity contribution in [1.29, 1.82) is 0 Å². The van der Waals surface area contributed by atoms with Crippen molar-refractivity contribution in [1.82, 2.24) is 14.7 Å². The Labute approximate surface area is 139 Å². The van der Waals surface area contributed by atoms with Gasteiger partial charge >= 0.3 is 0 Å². The Morgan fingerprint density at radius 3 is 2.82 bits per heavy atom. The fourth-order valence-electron chi connectivity index (χ4n) is 3.85. The Kier molecular flexibility index (Phi) is 4.39. The van der Waals surface area contributed by atoms with Crippen LogP contribution in [-0.2, 0) is 9.59 Å². The summed E-state index contributed by atoms with van der Waals surface area (Å²) in [5.41, 5.74) is 0.953. The molecule has 1 saturated heterocycles. The maximum absolute atomic E-state index is 13.0. The predicted molar refractivity (Wildman–Crippen MR) is 86.5 cm³/mol. The van der Waals surface area contributed by atoms with E-state index in [4.69, 9.17) is 0 Å². The van der Waals surface area contributed by atoms with Gasteiger partial charge in [-0.1, -0.05) is 12.8 Å². The SMILES string of the molecule is Cc1c(Br)cnn1[C@H](C)C(=O)N1CCC(=O)[C@@H]2CCCC[C@H]21. The highest BCUT2D eigenvalue weighted by Gasteiger charge is 2.41. The fraction of sp³-hybridized carbons (Fsp3) is 0.688. The van der Waals surface area contributed by atoms with Crippen LogP contribution in [0.4, 0.5) is 0 Å². The first-order chi connectivity index (χ1) is 10.5. The molecule has 22 heavy (non-hydrogen) atoms. The number of hydrogen-bond acceptors (Lipinski definition) is 3. The lowest BCUT2D eigenvalue weighted by molar-refractivity contribution is -0.145. The number of Topliss-reactive ketones (excluding diaryl/α,β-unsaturated/α-hetero) is 1. The molecule has 1 aromatic heterocycles. The van der Waals surface area contributed by atoms with Crippen molar-refractivity contribution >= 4 is 27.6 Å². The fourth-order valence-corrected chi connectivity index (χ4v) is 4.13. The number of hydrogen-bond donors (Lipinski definition) is 0. The predicted octanol–water partition coefficient (Wildman–Crippen LogP) is 2.88. The molecule has 1 amide bonds. The van der Waals surface area contributed by atoms with Crippen LogP contribution in [0.2, 0.25) is 0 Å². The average Bonchev–Trinajstić information content (AvgIpc) is 2.86. The third kappa shape index (κ3) is 2.62. The van der Waals surface area contributed by atoms with Crippen molar-refractivity contribution in [3.05, 3.63) is 16.4 Å². The maximum atomic E-state index is 13.0. The summed E-state index contributed by atoms with van der Waals surface area (Å²) in [5, 5.41) is 4.31. The molecule has 1 saturated carbocycles. The summed E-state index contributed by atoms with van der Waals surface area (Å²) in [6.45, 7) is 4.40. The average molecular weight is 368 g/mol. The molecule has 0 unspecified atom stereocenters. The van der Waals surface area contributed by atoms with Gasteiger partial charge in [-0.25, -0.2) is 0 Å². The molecule has 1 aliphatic heterocycles. The van der Waals surface area contributed by atoms with Crippen LogP contribution in [0.1, 0.15) is 50.8 Å². The molecule has 5 nitrogen and oxygen atoms in total. The lowest BCUT2D eigenvalue weighted by Gasteiger charge is -2.44. The first-order valence-electron chi connectivity index (χ1n) is 8.03. The van der Waals surface area contributed by atoms with Crippen LogP contribution in [0, 0.1) is 12.8 Å². The zero-order valence-electron chi connectivity index (χ0n) is 13.1. The minimum absolute atomic E-state index is 0.0594. The van der Waals surface area contributed by atoms with E-state index in [0.29, 0.717) is 18.7 Å². The van der Waals surface area contributed by atoms with Crippen LogP contribution in [0.5, 0.6) is 0 Å². The summed E-state index contributed by atoms with van der Waals surface area (Å²) >= 11 is 3.44. The molecule has 2 heterocycles. The number of nitrogens with zero attached hydrogens (tertiary/aromatic N) is 3. The minimum atomic E-state index is -0.331. The van der Waals surface area contributed by atoms with Gasteiger partial charge in [-0.15, -0.1) is 0 Å². The van der Waals surface area contributed by atoms with E-state index in [1.807, 2.05) is 18.7 Å². The monoisotopic (exact) mass is 367 g/mol. The third-order valence-corrected chi connectivity index (χ3v) is 5.91. The summed E-state index contributed by atoms with van der Waals surface area (Å²) in [7, 11) is 0. The maximum Gasteiger partial charge on any atom is 0.247 e. The molecule has 0 aromatic carbocycles. The number of fused-ring (bicyclic) bond motifs is 1. The zero-order valence-corrected chi connectivity index (χ0v) is 14.7. The number of ketones is 1. The van der Waals surface area contributed by atoms with Gasteiger partial charge in [0.05, 0.1) is 16.4 Å². The highest BCUT2D eigenvalue weighted by atomic mass is 79.9. The van der Waals surface area contributed by atoms with Crippen LogP contribution in [0.3, 0.4) is 0 Å². The molecular formula is C16H22BrN3O2. The summed E-state index contributed by atoms with van der Waals surface area (Å²) in [5.74, 6) is 0.492. The van der Waals surface area contributed by atoms with Crippen LogP contribution in [0.15, 0.2) is 10.7 Å². The lowest BCUT2D eigenvalue weighted by atomic mass is 9.77. The Morgan fingerprint density at radius 2 is 2.14 bits per heavy atom. The zero-order chi connectivity index (χ0) is 15.9. The smallest absolute Gasteiger partial charge is 0.247 e. The number of aromatic nitrogens is 2. The Balaban J connectivity index is 1.81. The number of likely N-dealkylation sites (tertiary alicyclic amines) is 1. The van der Waals surface area contributed by atoms with Crippen molar-refractivity contribution in [2.75, 3.05) is 6.54 Å². The second-order valence-corrected chi connectivity index (χ2v) is 7.26. The largest absolute Gasteiger partial charge is 0.337 e. The highest BCUT2D eigenvalue weighted by Crippen LogP contribution is 2.34. The number of amides is 1. The number of piperidine rings is 1. The molecule has 6 heteroatoms. The van der Waals surface area contributed by atoms with Crippen LogP contribution >= 0.6 is 15.9 Å². The number of halogens is 1. The van der Waals surface area contributed by atoms with Crippen LogP contribution in [0.25, 0.3) is 0 Å². The summed E-state index contributed by atoms with van der Waals surface area (Å²) in [6, 6.07) is -0.230. The summed E-state index contributed by atoms with van der Waals surface area (Å²) in [6.07, 6.45) is 6.34. The molecule has 2 aliphatic rings. The summed E-state index contributed by atoms with van der Waals surface area (Å²) < 4.78 is 2.68. The minimum Gasteiger partial charge on any atom is -0.337 e. The van der Waals surface area contributed by atoms with E-state index >= 15 is 0 Å². The van der Waals surface area contributed by atoms with Gasteiger partial charge in [-0.3, -0.25) is 14.3 Å². The summed E-state index contributed by atoms with van der Waals surface area (Å²) in [4.78, 5) is 27.0. The molecule has 0 bridgehead atoms. The van der Waals surface area contributed by atoms with E-state index in [1.54, 1.807) is 10.9 Å². The molecule has 0 N–H and O–H groups in total. The number of carbonyl (C=O) groups is 2. The van der Waals surface area contributed by atoms with Crippen LogP contribution < -0.4 is 0 Å². The van der Waals surface area contributed by atoms with E-state index in [-0.39, 0.29) is 23.9 Å². The molecule has 1 aliphatic carbocycles. The first kappa shape index (κ1) is 15.7. The lowest BCUT2D eigenvalue weighted by Crippen LogP contribution is -2.54. The van der Waals surface area contributed by atoms with Gasteiger partial charge in [0.25, 0.3) is 0 Å². The van der Waals surface area contributed by atoms with E-state index in [2.05, 4.69) is 21.0 Å². The van der Waals surface area contributed by atoms with Gasteiger partial charge < -0.3 is 4.90 Å². The number of carbonyl (C=O) groups excluding carboxylic acids is 2. The van der Waals surface area contributed by atoms with Gasteiger partial charge in [0.15, 0.2) is 0 Å². The van der Waals surface area contributed by atoms with Gasteiger partial charge in [0.1, 0.15) is 11.8 Å². The van der Waals surface area contributed by atoms with Gasteiger partial charge in [-0.2, -0.15) is 5.10 Å². The molecule has 3 atom stereocenters. The normalized spacial score (nSPS) is 26.7. The second kappa shape index (κ2) is 6.14. The standard InChI is InChI=1S/C16H22BrN3O2/c1-10-13(17)9-18-20(10)11(2)16(22)19-8-7-15(21)12-5-3-4-6-14(12)19/h9,11-12,14H,3-8H2,1-2H3/t11-,12-,14-/m1/s1.